The van der Waals surface area contributed by atoms with Gasteiger partial charge in [0.15, 0.2) is 5.58 Å². The summed E-state index contributed by atoms with van der Waals surface area (Å²) in [6.07, 6.45) is 4.37. The second-order valence-corrected chi connectivity index (χ2v) is 9.56. The molecule has 0 spiro atoms. The Labute approximate surface area is 208 Å². The molecule has 1 fully saturated rings. The Morgan fingerprint density at radius 2 is 1.76 bits per heavy atom. The fourth-order valence-electron chi connectivity index (χ4n) is 4.50. The molecular formula is C27H25Cl2N3O2. The number of carbonyl (C=O) groups excluding carboxylic acids is 1. The number of benzene rings is 3. The van der Waals surface area contributed by atoms with Crippen molar-refractivity contribution in [3.63, 3.8) is 0 Å². The maximum Gasteiger partial charge on any atom is 0.295 e. The molecule has 1 aromatic heterocycles. The predicted molar refractivity (Wildman–Crippen MR) is 136 cm³/mol. The van der Waals surface area contributed by atoms with Crippen LogP contribution in [0.15, 0.2) is 71.1 Å². The van der Waals surface area contributed by atoms with Crippen molar-refractivity contribution in [2.45, 2.75) is 44.8 Å². The number of amides is 1. The Morgan fingerprint density at radius 3 is 2.53 bits per heavy atom. The minimum Gasteiger partial charge on any atom is -0.424 e. The molecule has 5 nitrogen and oxygen atoms in total. The van der Waals surface area contributed by atoms with Gasteiger partial charge in [0.25, 0.3) is 11.9 Å². The van der Waals surface area contributed by atoms with E-state index in [9.17, 15) is 4.79 Å². The minimum absolute atomic E-state index is 0.0141. The molecule has 1 saturated carbocycles. The number of nitrogens with zero attached hydrogens (tertiary/aromatic N) is 2. The summed E-state index contributed by atoms with van der Waals surface area (Å²) < 4.78 is 5.83. The molecule has 7 heteroatoms. The van der Waals surface area contributed by atoms with Gasteiger partial charge in [0.2, 0.25) is 0 Å². The largest absolute Gasteiger partial charge is 0.424 e. The lowest BCUT2D eigenvalue weighted by atomic mass is 10.1. The molecule has 174 valence electrons. The summed E-state index contributed by atoms with van der Waals surface area (Å²) in [6, 6.07) is 21.4. The fraction of sp³-hybridized carbons (Fsp3) is 0.259. The van der Waals surface area contributed by atoms with Crippen molar-refractivity contribution in [2.24, 2.45) is 0 Å². The predicted octanol–water partition coefficient (Wildman–Crippen LogP) is 7.33. The Hall–Kier alpha value is -3.02. The van der Waals surface area contributed by atoms with Gasteiger partial charge in [-0.15, -0.1) is 0 Å². The Balaban J connectivity index is 1.35. The molecule has 1 amide bonds. The van der Waals surface area contributed by atoms with Gasteiger partial charge in [-0.05, 0) is 66.4 Å². The van der Waals surface area contributed by atoms with E-state index in [1.807, 2.05) is 71.6 Å². The summed E-state index contributed by atoms with van der Waals surface area (Å²) in [5, 5.41) is 4.57. The van der Waals surface area contributed by atoms with Gasteiger partial charge in [-0.25, -0.2) is 0 Å². The molecule has 0 saturated heterocycles. The van der Waals surface area contributed by atoms with Crippen molar-refractivity contribution < 1.29 is 9.21 Å². The highest BCUT2D eigenvalue weighted by Gasteiger charge is 2.28. The van der Waals surface area contributed by atoms with E-state index >= 15 is 0 Å². The van der Waals surface area contributed by atoms with Gasteiger partial charge in [0.1, 0.15) is 5.52 Å². The first-order valence-electron chi connectivity index (χ1n) is 11.5. The van der Waals surface area contributed by atoms with Crippen molar-refractivity contribution in [2.75, 3.05) is 5.32 Å². The van der Waals surface area contributed by atoms with E-state index in [1.165, 1.54) is 0 Å². The summed E-state index contributed by atoms with van der Waals surface area (Å²) >= 11 is 12.1. The lowest BCUT2D eigenvalue weighted by Crippen LogP contribution is -2.38. The number of oxazole rings is 1. The number of fused-ring (bicyclic) bond motifs is 1. The highest BCUT2D eigenvalue weighted by Crippen LogP contribution is 2.28. The smallest absolute Gasteiger partial charge is 0.295 e. The Morgan fingerprint density at radius 1 is 0.971 bits per heavy atom. The molecule has 1 heterocycles. The van der Waals surface area contributed by atoms with Crippen molar-refractivity contribution in [3.05, 3.63) is 93.5 Å². The zero-order valence-corrected chi connectivity index (χ0v) is 20.1. The minimum atomic E-state index is 0.0141. The van der Waals surface area contributed by atoms with E-state index in [2.05, 4.69) is 10.3 Å². The molecule has 0 atom stereocenters. The second kappa shape index (κ2) is 10.1. The van der Waals surface area contributed by atoms with Crippen molar-refractivity contribution in [3.8, 4) is 0 Å². The number of carbonyl (C=O) groups is 1. The molecule has 3 aromatic carbocycles. The topological polar surface area (TPSA) is 58.4 Å². The van der Waals surface area contributed by atoms with Crippen LogP contribution in [0.2, 0.25) is 10.0 Å². The molecule has 0 unspecified atom stereocenters. The van der Waals surface area contributed by atoms with Crippen molar-refractivity contribution in [1.29, 1.82) is 0 Å². The zero-order chi connectivity index (χ0) is 23.5. The summed E-state index contributed by atoms with van der Waals surface area (Å²) in [4.78, 5) is 20.2. The monoisotopic (exact) mass is 493 g/mol. The molecule has 5 rings (SSSR count). The summed E-state index contributed by atoms with van der Waals surface area (Å²) in [6.45, 7) is 1.10. The van der Waals surface area contributed by atoms with Crippen LogP contribution < -0.4 is 5.32 Å². The number of aromatic nitrogens is 1. The zero-order valence-electron chi connectivity index (χ0n) is 18.6. The van der Waals surface area contributed by atoms with E-state index in [4.69, 9.17) is 27.6 Å². The van der Waals surface area contributed by atoms with Crippen LogP contribution in [0, 0.1) is 0 Å². The van der Waals surface area contributed by atoms with Gasteiger partial charge >= 0.3 is 0 Å². The van der Waals surface area contributed by atoms with Crippen LogP contribution in [0.4, 0.5) is 6.01 Å². The third-order valence-electron chi connectivity index (χ3n) is 6.26. The Kier molecular flexibility index (Phi) is 6.75. The summed E-state index contributed by atoms with van der Waals surface area (Å²) in [7, 11) is 0. The number of rotatable bonds is 7. The number of nitrogens with one attached hydrogen (secondary N) is 1. The van der Waals surface area contributed by atoms with Gasteiger partial charge in [0.05, 0.1) is 0 Å². The maximum atomic E-state index is 13.6. The number of halogens is 2. The SMILES string of the molecule is O=C(c1ccc2oc(NCc3cccc(Cl)c3)nc2c1)N(Cc1ccc(Cl)cc1)C1CCCC1. The molecule has 1 aliphatic rings. The first-order chi connectivity index (χ1) is 16.5. The van der Waals surface area contributed by atoms with Crippen LogP contribution >= 0.6 is 23.2 Å². The van der Waals surface area contributed by atoms with Crippen LogP contribution in [-0.4, -0.2) is 21.8 Å². The normalized spacial score (nSPS) is 13.9. The van der Waals surface area contributed by atoms with Crippen LogP contribution in [0.5, 0.6) is 0 Å². The first-order valence-corrected chi connectivity index (χ1v) is 12.2. The van der Waals surface area contributed by atoms with Gasteiger partial charge in [-0.3, -0.25) is 4.79 Å². The summed E-state index contributed by atoms with van der Waals surface area (Å²) in [5.74, 6) is 0.0141. The highest BCUT2D eigenvalue weighted by atomic mass is 35.5. The van der Waals surface area contributed by atoms with E-state index in [0.29, 0.717) is 45.8 Å². The molecular weight excluding hydrogens is 469 g/mol. The van der Waals surface area contributed by atoms with Crippen LogP contribution in [0.25, 0.3) is 11.1 Å². The van der Waals surface area contributed by atoms with Crippen molar-refractivity contribution in [1.82, 2.24) is 9.88 Å². The van der Waals surface area contributed by atoms with Crippen LogP contribution in [0.1, 0.15) is 47.2 Å². The average molecular weight is 494 g/mol. The van der Waals surface area contributed by atoms with Crippen molar-refractivity contribution >= 4 is 46.2 Å². The maximum absolute atomic E-state index is 13.6. The highest BCUT2D eigenvalue weighted by molar-refractivity contribution is 6.30. The van der Waals surface area contributed by atoms with E-state index in [-0.39, 0.29) is 11.9 Å². The molecule has 1 aliphatic carbocycles. The van der Waals surface area contributed by atoms with E-state index < -0.39 is 0 Å². The standard InChI is InChI=1S/C27H25Cl2N3O2/c28-21-11-8-18(9-12-21)17-32(23-6-1-2-7-23)26(33)20-10-13-25-24(15-20)31-27(34-25)30-16-19-4-3-5-22(29)14-19/h3-5,8-15,23H,1-2,6-7,16-17H2,(H,30,31). The molecule has 34 heavy (non-hydrogen) atoms. The van der Waals surface area contributed by atoms with Crippen LogP contribution in [-0.2, 0) is 13.1 Å². The quantitative estimate of drug-likeness (QED) is 0.292. The third-order valence-corrected chi connectivity index (χ3v) is 6.75. The molecule has 4 aromatic rings. The number of anilines is 1. The lowest BCUT2D eigenvalue weighted by molar-refractivity contribution is 0.0664. The Bertz CT molecular complexity index is 1300. The number of hydrogen-bond acceptors (Lipinski definition) is 4. The van der Waals surface area contributed by atoms with E-state index in [0.717, 1.165) is 36.8 Å². The van der Waals surface area contributed by atoms with Gasteiger partial charge in [-0.1, -0.05) is 60.3 Å². The molecule has 0 aliphatic heterocycles. The van der Waals surface area contributed by atoms with Gasteiger partial charge < -0.3 is 14.6 Å². The molecule has 1 N–H and O–H groups in total. The molecule has 0 bridgehead atoms. The summed E-state index contributed by atoms with van der Waals surface area (Å²) in [5.41, 5.74) is 4.00. The van der Waals surface area contributed by atoms with Crippen LogP contribution in [0.3, 0.4) is 0 Å². The first kappa shape index (κ1) is 22.8. The van der Waals surface area contributed by atoms with E-state index in [1.54, 1.807) is 0 Å². The molecule has 0 radical (unpaired) electrons. The number of hydrogen-bond donors (Lipinski definition) is 1. The van der Waals surface area contributed by atoms with Gasteiger partial charge in [0, 0.05) is 34.7 Å². The van der Waals surface area contributed by atoms with Gasteiger partial charge in [-0.2, -0.15) is 4.98 Å². The third kappa shape index (κ3) is 5.21. The lowest BCUT2D eigenvalue weighted by Gasteiger charge is -2.29. The fourth-order valence-corrected chi connectivity index (χ4v) is 4.83. The average Bonchev–Trinajstić information content (AvgIpc) is 3.51. The second-order valence-electron chi connectivity index (χ2n) is 8.68.